The highest BCUT2D eigenvalue weighted by atomic mass is 79.9. The molecule has 1 rings (SSSR count). The quantitative estimate of drug-likeness (QED) is 0.746. The van der Waals surface area contributed by atoms with Gasteiger partial charge in [-0.15, -0.1) is 0 Å². The van der Waals surface area contributed by atoms with E-state index in [0.717, 1.165) is 15.8 Å². The van der Waals surface area contributed by atoms with Gasteiger partial charge in [-0.1, -0.05) is 37.9 Å². The zero-order valence-corrected chi connectivity index (χ0v) is 13.8. The Bertz CT molecular complexity index is 499. The zero-order valence-electron chi connectivity index (χ0n) is 9.78. The molecule has 0 bridgehead atoms. The summed E-state index contributed by atoms with van der Waals surface area (Å²) in [5, 5.41) is -0.493. The largest absolute Gasteiger partial charge is 0.497 e. The maximum absolute atomic E-state index is 11.5. The fourth-order valence-corrected chi connectivity index (χ4v) is 4.40. The van der Waals surface area contributed by atoms with Crippen molar-refractivity contribution in [2.75, 3.05) is 13.4 Å². The van der Waals surface area contributed by atoms with Gasteiger partial charge in [-0.25, -0.2) is 8.42 Å². The highest BCUT2D eigenvalue weighted by Gasteiger charge is 2.26. The summed E-state index contributed by atoms with van der Waals surface area (Å²) in [6, 6.07) is 5.48. The van der Waals surface area contributed by atoms with Crippen LogP contribution in [0.4, 0.5) is 0 Å². The molecule has 0 saturated heterocycles. The van der Waals surface area contributed by atoms with Crippen LogP contribution in [0.15, 0.2) is 22.7 Å². The summed E-state index contributed by atoms with van der Waals surface area (Å²) in [5.74, 6) is 0.729. The number of benzene rings is 1. The van der Waals surface area contributed by atoms with Crippen molar-refractivity contribution in [1.82, 2.24) is 0 Å². The SMILES string of the molecule is COc1ccc(C(Br)C(C)S(C)(=O)=O)c(Br)c1. The predicted octanol–water partition coefficient (Wildman–Crippen LogP) is 3.33. The van der Waals surface area contributed by atoms with Gasteiger partial charge in [-0.2, -0.15) is 0 Å². The molecule has 0 spiro atoms. The number of halogens is 2. The Morgan fingerprint density at radius 3 is 2.35 bits per heavy atom. The van der Waals surface area contributed by atoms with Gasteiger partial charge >= 0.3 is 0 Å². The van der Waals surface area contributed by atoms with Gasteiger partial charge in [0.1, 0.15) is 5.75 Å². The summed E-state index contributed by atoms with van der Waals surface area (Å²) < 4.78 is 28.9. The normalized spacial score (nSPS) is 15.4. The van der Waals surface area contributed by atoms with E-state index in [-0.39, 0.29) is 4.83 Å². The highest BCUT2D eigenvalue weighted by molar-refractivity contribution is 9.11. The molecule has 0 amide bonds. The van der Waals surface area contributed by atoms with E-state index in [1.807, 2.05) is 18.2 Å². The van der Waals surface area contributed by atoms with E-state index in [1.54, 1.807) is 14.0 Å². The Hall–Kier alpha value is -0.0700. The summed E-state index contributed by atoms with van der Waals surface area (Å²) in [4.78, 5) is -0.252. The molecule has 1 aromatic carbocycles. The maximum atomic E-state index is 11.5. The van der Waals surface area contributed by atoms with Crippen molar-refractivity contribution in [3.63, 3.8) is 0 Å². The second-order valence-corrected chi connectivity index (χ2v) is 8.07. The van der Waals surface area contributed by atoms with Crippen LogP contribution >= 0.6 is 31.9 Å². The first-order valence-corrected chi connectivity index (χ1v) is 8.60. The van der Waals surface area contributed by atoms with Crippen LogP contribution in [0.3, 0.4) is 0 Å². The van der Waals surface area contributed by atoms with Crippen molar-refractivity contribution in [2.45, 2.75) is 17.0 Å². The molecule has 0 heterocycles. The molecule has 0 fully saturated rings. The van der Waals surface area contributed by atoms with Crippen molar-refractivity contribution in [2.24, 2.45) is 0 Å². The summed E-state index contributed by atoms with van der Waals surface area (Å²) >= 11 is 6.85. The molecule has 0 aliphatic rings. The van der Waals surface area contributed by atoms with Crippen molar-refractivity contribution >= 4 is 41.7 Å². The third-order valence-electron chi connectivity index (χ3n) is 2.59. The van der Waals surface area contributed by atoms with E-state index >= 15 is 0 Å². The first-order valence-electron chi connectivity index (χ1n) is 4.93. The molecule has 0 radical (unpaired) electrons. The van der Waals surface area contributed by atoms with Crippen LogP contribution in [0.5, 0.6) is 5.75 Å². The Labute approximate surface area is 119 Å². The number of hydrogen-bond donors (Lipinski definition) is 0. The topological polar surface area (TPSA) is 43.4 Å². The van der Waals surface area contributed by atoms with Gasteiger partial charge < -0.3 is 4.74 Å². The third-order valence-corrected chi connectivity index (χ3v) is 6.54. The van der Waals surface area contributed by atoms with Gasteiger partial charge in [-0.05, 0) is 24.6 Å². The van der Waals surface area contributed by atoms with Gasteiger partial charge in [0, 0.05) is 10.7 Å². The molecule has 96 valence electrons. The molecule has 2 atom stereocenters. The second kappa shape index (κ2) is 5.71. The standard InChI is InChI=1S/C11H14Br2O3S/c1-7(17(3,14)15)11(13)9-5-4-8(16-2)6-10(9)12/h4-7,11H,1-3H3. The van der Waals surface area contributed by atoms with Gasteiger partial charge in [0.25, 0.3) is 0 Å². The van der Waals surface area contributed by atoms with E-state index in [1.165, 1.54) is 6.26 Å². The Morgan fingerprint density at radius 1 is 1.35 bits per heavy atom. The first-order chi connectivity index (χ1) is 7.77. The van der Waals surface area contributed by atoms with Crippen molar-refractivity contribution < 1.29 is 13.2 Å². The van der Waals surface area contributed by atoms with Crippen LogP contribution < -0.4 is 4.74 Å². The lowest BCUT2D eigenvalue weighted by atomic mass is 10.1. The molecule has 2 unspecified atom stereocenters. The van der Waals surface area contributed by atoms with E-state index in [2.05, 4.69) is 31.9 Å². The van der Waals surface area contributed by atoms with Crippen LogP contribution in [0.25, 0.3) is 0 Å². The summed E-state index contributed by atoms with van der Waals surface area (Å²) in [6.07, 6.45) is 1.24. The Morgan fingerprint density at radius 2 is 1.94 bits per heavy atom. The number of hydrogen-bond acceptors (Lipinski definition) is 3. The van der Waals surface area contributed by atoms with Crippen molar-refractivity contribution in [3.8, 4) is 5.75 Å². The highest BCUT2D eigenvalue weighted by Crippen LogP contribution is 2.36. The van der Waals surface area contributed by atoms with Crippen LogP contribution in [0.1, 0.15) is 17.3 Å². The molecule has 0 N–H and O–H groups in total. The lowest BCUT2D eigenvalue weighted by Gasteiger charge is -2.18. The van der Waals surface area contributed by atoms with E-state index in [4.69, 9.17) is 4.74 Å². The van der Waals surface area contributed by atoms with Crippen molar-refractivity contribution in [3.05, 3.63) is 28.2 Å². The van der Waals surface area contributed by atoms with Crippen LogP contribution in [0.2, 0.25) is 0 Å². The molecular weight excluding hydrogens is 372 g/mol. The number of sulfone groups is 1. The minimum atomic E-state index is -3.08. The molecule has 1 aromatic rings. The Kier molecular flexibility index (Phi) is 5.04. The fourth-order valence-electron chi connectivity index (χ4n) is 1.33. The van der Waals surface area contributed by atoms with Gasteiger partial charge in [-0.3, -0.25) is 0 Å². The molecule has 0 aliphatic heterocycles. The van der Waals surface area contributed by atoms with Crippen molar-refractivity contribution in [1.29, 1.82) is 0 Å². The number of methoxy groups -OCH3 is 1. The number of ether oxygens (including phenoxy) is 1. The molecule has 3 nitrogen and oxygen atoms in total. The van der Waals surface area contributed by atoms with Gasteiger partial charge in [0.05, 0.1) is 17.2 Å². The zero-order chi connectivity index (χ0) is 13.2. The molecule has 6 heteroatoms. The van der Waals surface area contributed by atoms with Crippen LogP contribution in [-0.4, -0.2) is 27.0 Å². The smallest absolute Gasteiger partial charge is 0.151 e. The lowest BCUT2D eigenvalue weighted by molar-refractivity contribution is 0.414. The summed E-state index contributed by atoms with van der Waals surface area (Å²) in [6.45, 7) is 1.69. The van der Waals surface area contributed by atoms with Crippen LogP contribution in [0, 0.1) is 0 Å². The van der Waals surface area contributed by atoms with Gasteiger partial charge in [0.2, 0.25) is 0 Å². The monoisotopic (exact) mass is 384 g/mol. The number of rotatable bonds is 4. The van der Waals surface area contributed by atoms with Crippen LogP contribution in [-0.2, 0) is 9.84 Å². The number of alkyl halides is 1. The van der Waals surface area contributed by atoms with Gasteiger partial charge in [0.15, 0.2) is 9.84 Å². The molecule has 0 aliphatic carbocycles. The predicted molar refractivity (Wildman–Crippen MR) is 76.7 cm³/mol. The fraction of sp³-hybridized carbons (Fsp3) is 0.455. The molecule has 0 saturated carbocycles. The lowest BCUT2D eigenvalue weighted by Crippen LogP contribution is -2.21. The maximum Gasteiger partial charge on any atom is 0.151 e. The minimum absolute atomic E-state index is 0.252. The third kappa shape index (κ3) is 3.69. The summed E-state index contributed by atoms with van der Waals surface area (Å²) in [7, 11) is -1.49. The second-order valence-electron chi connectivity index (χ2n) is 3.82. The van der Waals surface area contributed by atoms with E-state index < -0.39 is 15.1 Å². The van der Waals surface area contributed by atoms with E-state index in [9.17, 15) is 8.42 Å². The molecular formula is C11H14Br2O3S. The molecule has 0 aromatic heterocycles. The average Bonchev–Trinajstić information content (AvgIpc) is 2.25. The summed E-state index contributed by atoms with van der Waals surface area (Å²) in [5.41, 5.74) is 0.892. The minimum Gasteiger partial charge on any atom is -0.497 e. The molecule has 17 heavy (non-hydrogen) atoms. The Balaban J connectivity index is 3.09. The van der Waals surface area contributed by atoms with E-state index in [0.29, 0.717) is 0 Å². The first kappa shape index (κ1) is 15.0. The average molecular weight is 386 g/mol.